The van der Waals surface area contributed by atoms with Crippen molar-refractivity contribution >= 4 is 17.7 Å². The first-order chi connectivity index (χ1) is 16.6. The number of carboxylic acid groups (broad SMARTS) is 1. The molecular weight excluding hydrogens is 450 g/mol. The summed E-state index contributed by atoms with van der Waals surface area (Å²) in [6, 6.07) is 13.9. The van der Waals surface area contributed by atoms with Crippen LogP contribution >= 0.6 is 0 Å². The van der Waals surface area contributed by atoms with E-state index in [9.17, 15) is 24.9 Å². The Morgan fingerprint density at radius 1 is 0.943 bits per heavy atom. The zero-order valence-corrected chi connectivity index (χ0v) is 20.1. The Labute approximate surface area is 204 Å². The predicted molar refractivity (Wildman–Crippen MR) is 132 cm³/mol. The van der Waals surface area contributed by atoms with Gasteiger partial charge < -0.3 is 24.8 Å². The second-order valence-corrected chi connectivity index (χ2v) is 8.38. The van der Waals surface area contributed by atoms with Crippen LogP contribution in [0.2, 0.25) is 0 Å². The molecule has 0 heterocycles. The number of hydrogen-bond donors (Lipinski definition) is 3. The van der Waals surface area contributed by atoms with Crippen molar-refractivity contribution in [3.05, 3.63) is 71.3 Å². The Balaban J connectivity index is 1.90. The van der Waals surface area contributed by atoms with Gasteiger partial charge in [-0.2, -0.15) is 0 Å². The van der Waals surface area contributed by atoms with Crippen molar-refractivity contribution in [2.75, 3.05) is 11.4 Å². The van der Waals surface area contributed by atoms with Crippen molar-refractivity contribution in [1.82, 2.24) is 0 Å². The standard InChI is InChI=1S/C27H29NO7/c1-5-16(2)23-14-22(10-11-24(23)30)34-26-17(3)12-19(13-18(26)4)28(15-25(31)32)27(33)35-21-8-6-20(29)7-9-21/h6-14,16,29-30H,5,15H2,1-4H3,(H,31,32). The van der Waals surface area contributed by atoms with E-state index >= 15 is 0 Å². The Kier molecular flexibility index (Phi) is 7.86. The summed E-state index contributed by atoms with van der Waals surface area (Å²) in [5.41, 5.74) is 2.50. The number of ether oxygens (including phenoxy) is 2. The van der Waals surface area contributed by atoms with Gasteiger partial charge in [0.25, 0.3) is 0 Å². The maximum absolute atomic E-state index is 12.8. The molecule has 0 saturated carbocycles. The van der Waals surface area contributed by atoms with Gasteiger partial charge in [0.1, 0.15) is 35.3 Å². The average molecular weight is 480 g/mol. The lowest BCUT2D eigenvalue weighted by Crippen LogP contribution is -2.38. The number of carbonyl (C=O) groups excluding carboxylic acids is 1. The zero-order chi connectivity index (χ0) is 25.7. The van der Waals surface area contributed by atoms with Crippen molar-refractivity contribution in [3.8, 4) is 28.7 Å². The molecular formula is C27H29NO7. The molecule has 3 aromatic carbocycles. The number of anilines is 1. The lowest BCUT2D eigenvalue weighted by atomic mass is 9.97. The fourth-order valence-electron chi connectivity index (χ4n) is 3.64. The first-order valence-corrected chi connectivity index (χ1v) is 11.2. The molecule has 8 heteroatoms. The SMILES string of the molecule is CCC(C)c1cc(Oc2c(C)cc(N(CC(=O)O)C(=O)Oc3ccc(O)cc3)cc2C)ccc1O. The molecule has 1 amide bonds. The first-order valence-electron chi connectivity index (χ1n) is 11.2. The molecule has 1 unspecified atom stereocenters. The van der Waals surface area contributed by atoms with Crippen LogP contribution in [0.1, 0.15) is 42.9 Å². The van der Waals surface area contributed by atoms with Gasteiger partial charge in [0.05, 0.1) is 0 Å². The number of aromatic hydroxyl groups is 2. The molecule has 0 spiro atoms. The topological polar surface area (TPSA) is 117 Å². The fraction of sp³-hybridized carbons (Fsp3) is 0.259. The van der Waals surface area contributed by atoms with Crippen LogP contribution in [0.4, 0.5) is 10.5 Å². The van der Waals surface area contributed by atoms with E-state index in [1.807, 2.05) is 19.9 Å². The molecule has 0 radical (unpaired) electrons. The highest BCUT2D eigenvalue weighted by atomic mass is 16.6. The largest absolute Gasteiger partial charge is 0.508 e. The maximum Gasteiger partial charge on any atom is 0.420 e. The van der Waals surface area contributed by atoms with Gasteiger partial charge in [-0.15, -0.1) is 0 Å². The number of carboxylic acids is 1. The normalized spacial score (nSPS) is 11.5. The van der Waals surface area contributed by atoms with E-state index in [4.69, 9.17) is 9.47 Å². The fourth-order valence-corrected chi connectivity index (χ4v) is 3.64. The van der Waals surface area contributed by atoms with Crippen molar-refractivity contribution in [3.63, 3.8) is 0 Å². The van der Waals surface area contributed by atoms with E-state index in [1.165, 1.54) is 24.3 Å². The van der Waals surface area contributed by atoms with Crippen LogP contribution < -0.4 is 14.4 Å². The predicted octanol–water partition coefficient (Wildman–Crippen LogP) is 6.11. The lowest BCUT2D eigenvalue weighted by molar-refractivity contribution is -0.135. The van der Waals surface area contributed by atoms with Crippen LogP contribution in [-0.4, -0.2) is 33.9 Å². The van der Waals surface area contributed by atoms with Crippen molar-refractivity contribution < 1.29 is 34.4 Å². The Morgan fingerprint density at radius 2 is 1.54 bits per heavy atom. The molecule has 0 saturated heterocycles. The highest BCUT2D eigenvalue weighted by Crippen LogP contribution is 2.36. The van der Waals surface area contributed by atoms with Crippen LogP contribution in [0.3, 0.4) is 0 Å². The molecule has 0 aliphatic rings. The van der Waals surface area contributed by atoms with Crippen molar-refractivity contribution in [1.29, 1.82) is 0 Å². The Morgan fingerprint density at radius 3 is 2.11 bits per heavy atom. The molecule has 8 nitrogen and oxygen atoms in total. The first kappa shape index (κ1) is 25.4. The molecule has 3 N–H and O–H groups in total. The molecule has 0 aliphatic carbocycles. The van der Waals surface area contributed by atoms with Gasteiger partial charge in [-0.3, -0.25) is 9.69 Å². The summed E-state index contributed by atoms with van der Waals surface area (Å²) in [5.74, 6) is 0.479. The summed E-state index contributed by atoms with van der Waals surface area (Å²) in [6.45, 7) is 7.06. The summed E-state index contributed by atoms with van der Waals surface area (Å²) in [5, 5.41) is 29.0. The number of amides is 1. The maximum atomic E-state index is 12.8. The number of hydrogen-bond acceptors (Lipinski definition) is 6. The van der Waals surface area contributed by atoms with Crippen molar-refractivity contribution in [2.45, 2.75) is 40.0 Å². The van der Waals surface area contributed by atoms with E-state index < -0.39 is 18.6 Å². The van der Waals surface area contributed by atoms with Crippen molar-refractivity contribution in [2.24, 2.45) is 0 Å². The number of phenols is 2. The highest BCUT2D eigenvalue weighted by Gasteiger charge is 2.23. The molecule has 0 aromatic heterocycles. The van der Waals surface area contributed by atoms with E-state index in [0.717, 1.165) is 16.9 Å². The number of aliphatic carboxylic acids is 1. The number of nitrogens with zero attached hydrogens (tertiary/aromatic N) is 1. The molecule has 0 aliphatic heterocycles. The van der Waals surface area contributed by atoms with Crippen LogP contribution in [-0.2, 0) is 4.79 Å². The minimum atomic E-state index is -1.20. The second kappa shape index (κ2) is 10.8. The lowest BCUT2D eigenvalue weighted by Gasteiger charge is -2.23. The van der Waals surface area contributed by atoms with Crippen LogP contribution in [0.25, 0.3) is 0 Å². The molecule has 0 bridgehead atoms. The monoisotopic (exact) mass is 479 g/mol. The van der Waals surface area contributed by atoms with Gasteiger partial charge in [-0.25, -0.2) is 4.79 Å². The highest BCUT2D eigenvalue weighted by molar-refractivity contribution is 5.94. The average Bonchev–Trinajstić information content (AvgIpc) is 2.81. The molecule has 1 atom stereocenters. The van der Waals surface area contributed by atoms with Crippen LogP contribution in [0, 0.1) is 13.8 Å². The quantitative estimate of drug-likeness (QED) is 0.357. The summed E-state index contributed by atoms with van der Waals surface area (Å²) >= 11 is 0. The van der Waals surface area contributed by atoms with E-state index in [0.29, 0.717) is 28.3 Å². The Hall–Kier alpha value is -4.20. The third-order valence-corrected chi connectivity index (χ3v) is 5.67. The molecule has 35 heavy (non-hydrogen) atoms. The van der Waals surface area contributed by atoms with Gasteiger partial charge in [0.2, 0.25) is 0 Å². The van der Waals surface area contributed by atoms with Gasteiger partial charge in [-0.05, 0) is 91.9 Å². The summed E-state index contributed by atoms with van der Waals surface area (Å²) in [7, 11) is 0. The number of phenolic OH excluding ortho intramolecular Hbond substituents is 2. The third-order valence-electron chi connectivity index (χ3n) is 5.67. The number of aryl methyl sites for hydroxylation is 2. The summed E-state index contributed by atoms with van der Waals surface area (Å²) in [4.78, 5) is 25.3. The number of benzene rings is 3. The van der Waals surface area contributed by atoms with E-state index in [1.54, 1.807) is 38.1 Å². The van der Waals surface area contributed by atoms with E-state index in [2.05, 4.69) is 0 Å². The van der Waals surface area contributed by atoms with Gasteiger partial charge in [-0.1, -0.05) is 13.8 Å². The summed E-state index contributed by atoms with van der Waals surface area (Å²) in [6.07, 6.45) is -0.00838. The Bertz CT molecular complexity index is 1200. The number of rotatable bonds is 8. The van der Waals surface area contributed by atoms with Crippen LogP contribution in [0.15, 0.2) is 54.6 Å². The number of carbonyl (C=O) groups is 2. The minimum absolute atomic E-state index is 0.0129. The van der Waals surface area contributed by atoms with Gasteiger partial charge >= 0.3 is 12.1 Å². The molecule has 0 fully saturated rings. The third kappa shape index (κ3) is 6.23. The van der Waals surface area contributed by atoms with Gasteiger partial charge in [0.15, 0.2) is 0 Å². The summed E-state index contributed by atoms with van der Waals surface area (Å²) < 4.78 is 11.4. The molecule has 3 aromatic rings. The van der Waals surface area contributed by atoms with Gasteiger partial charge in [0, 0.05) is 11.3 Å². The van der Waals surface area contributed by atoms with Crippen LogP contribution in [0.5, 0.6) is 28.7 Å². The molecule has 3 rings (SSSR count). The zero-order valence-electron chi connectivity index (χ0n) is 20.1. The second-order valence-electron chi connectivity index (χ2n) is 8.38. The van der Waals surface area contributed by atoms with E-state index in [-0.39, 0.29) is 23.2 Å². The smallest absolute Gasteiger partial charge is 0.420 e. The minimum Gasteiger partial charge on any atom is -0.508 e. The molecule has 184 valence electrons.